The van der Waals surface area contributed by atoms with Crippen LogP contribution in [0.25, 0.3) is 105 Å². The Balaban J connectivity index is 0.000000356. The third-order valence-electron chi connectivity index (χ3n) is 15.5. The van der Waals surface area contributed by atoms with Crippen LogP contribution in [0.1, 0.15) is 130 Å². The predicted octanol–water partition coefficient (Wildman–Crippen LogP) is 20.7. The molecule has 0 saturated carbocycles. The van der Waals surface area contributed by atoms with Crippen LogP contribution >= 0.6 is 0 Å². The summed E-state index contributed by atoms with van der Waals surface area (Å²) in [5.74, 6) is 1.30. The summed E-state index contributed by atoms with van der Waals surface area (Å²) in [4.78, 5) is 9.89. The molecule has 0 aliphatic carbocycles. The number of nitrogens with zero attached hydrogens (tertiary/aromatic N) is 3. The maximum absolute atomic E-state index is 6.92. The van der Waals surface area contributed by atoms with E-state index in [1.165, 1.54) is 77.3 Å². The first kappa shape index (κ1) is 54.9. The third kappa shape index (κ3) is 10.8. The molecule has 79 heavy (non-hydrogen) atoms. The topological polar surface area (TPSA) is 43.9 Å². The van der Waals surface area contributed by atoms with E-state index >= 15 is 0 Å². The summed E-state index contributed by atoms with van der Waals surface area (Å²) in [5, 5.41) is 6.99. The molecule has 0 N–H and O–H groups in total. The van der Waals surface area contributed by atoms with Crippen LogP contribution < -0.4 is 0 Å². The Hall–Kier alpha value is -7.43. The fourth-order valence-electron chi connectivity index (χ4n) is 10.9. The van der Waals surface area contributed by atoms with Gasteiger partial charge in [-0.25, -0.2) is 0 Å². The van der Waals surface area contributed by atoms with Gasteiger partial charge < -0.3 is 14.0 Å². The molecule has 0 bridgehead atoms. The van der Waals surface area contributed by atoms with Gasteiger partial charge in [0, 0.05) is 37.4 Å². The summed E-state index contributed by atoms with van der Waals surface area (Å²) in [5.41, 5.74) is 19.5. The number of imidazole rings is 1. The number of benzene rings is 9. The number of fused-ring (bicyclic) bond motifs is 7. The van der Waals surface area contributed by atoms with E-state index in [1.807, 2.05) is 36.5 Å². The van der Waals surface area contributed by atoms with E-state index in [4.69, 9.17) is 9.40 Å². The van der Waals surface area contributed by atoms with Gasteiger partial charge in [0.2, 0.25) is 0 Å². The van der Waals surface area contributed by atoms with Gasteiger partial charge in [0.25, 0.3) is 0 Å². The molecule has 399 valence electrons. The van der Waals surface area contributed by atoms with Crippen molar-refractivity contribution in [2.75, 3.05) is 0 Å². The summed E-state index contributed by atoms with van der Waals surface area (Å²) in [6.07, 6.45) is 1.95. The predicted molar refractivity (Wildman–Crippen MR) is 331 cm³/mol. The fourth-order valence-corrected chi connectivity index (χ4v) is 10.9. The fraction of sp³-hybridized carbons (Fsp3) is 0.243. The van der Waals surface area contributed by atoms with Crippen molar-refractivity contribution in [3.05, 3.63) is 222 Å². The van der Waals surface area contributed by atoms with Crippen LogP contribution in [0.15, 0.2) is 187 Å². The Morgan fingerprint density at radius 3 is 1.70 bits per heavy atom. The number of hydrogen-bond acceptors (Lipinski definition) is 3. The molecule has 0 atom stereocenters. The molecule has 0 amide bonds. The van der Waals surface area contributed by atoms with Gasteiger partial charge in [-0.2, -0.15) is 0 Å². The first-order chi connectivity index (χ1) is 37.2. The standard InChI is InChI=1S/C59H55N2O.C15H16N.Ir/c1-35(2)48-31-42(38-24-22-37(23-25-38)41-28-43(58(5,6)7)33-44(29-41)59(8,9)10)32-49(36(3)4)55(48)61-53-21-14-13-20-52(53)60-57(61)47-19-15-18-46-51-30-40-27-26-39-16-11-12-17-45(39)50(40)34-54(51)62-56(46)47;1-15(2,3)13-9-10-14(16-11-13)12-7-5-4-6-8-12;/h11-18,20-36H,1-10H3;4-7,9-11H,1-3H3;/q2*-1;. The number of aromatic nitrogens is 3. The second-order valence-electron chi connectivity index (χ2n) is 25.0. The molecule has 0 saturated heterocycles. The zero-order valence-electron chi connectivity index (χ0n) is 48.1. The maximum Gasteiger partial charge on any atom is 0.121 e. The Labute approximate surface area is 481 Å². The van der Waals surface area contributed by atoms with Crippen molar-refractivity contribution in [3.8, 4) is 50.6 Å². The van der Waals surface area contributed by atoms with Crippen molar-refractivity contribution < 1.29 is 24.5 Å². The van der Waals surface area contributed by atoms with E-state index in [2.05, 4.69) is 257 Å². The molecule has 0 spiro atoms. The molecule has 12 rings (SSSR count). The van der Waals surface area contributed by atoms with Crippen LogP contribution in [0.3, 0.4) is 0 Å². The maximum atomic E-state index is 6.92. The molecule has 5 heteroatoms. The van der Waals surface area contributed by atoms with Crippen LogP contribution in [0, 0.1) is 12.1 Å². The second kappa shape index (κ2) is 21.3. The van der Waals surface area contributed by atoms with Gasteiger partial charge in [-0.15, -0.1) is 54.1 Å². The van der Waals surface area contributed by atoms with Crippen molar-refractivity contribution in [3.63, 3.8) is 0 Å². The second-order valence-corrected chi connectivity index (χ2v) is 25.0. The summed E-state index contributed by atoms with van der Waals surface area (Å²) in [6, 6.07) is 70.3. The molecule has 1 radical (unpaired) electrons. The number of pyridine rings is 1. The van der Waals surface area contributed by atoms with Crippen molar-refractivity contribution in [1.29, 1.82) is 0 Å². The zero-order valence-corrected chi connectivity index (χ0v) is 50.5. The minimum absolute atomic E-state index is 0. The quantitative estimate of drug-likeness (QED) is 0.118. The van der Waals surface area contributed by atoms with Gasteiger partial charge in [-0.3, -0.25) is 4.98 Å². The van der Waals surface area contributed by atoms with E-state index in [0.29, 0.717) is 0 Å². The van der Waals surface area contributed by atoms with Gasteiger partial charge in [-0.1, -0.05) is 204 Å². The van der Waals surface area contributed by atoms with Crippen LogP contribution in [0.4, 0.5) is 0 Å². The van der Waals surface area contributed by atoms with Crippen LogP contribution in [-0.4, -0.2) is 14.5 Å². The largest absolute Gasteiger partial charge is 0.501 e. The number of rotatable bonds is 7. The van der Waals surface area contributed by atoms with Gasteiger partial charge >= 0.3 is 0 Å². The Kier molecular flexibility index (Phi) is 14.8. The SMILES string of the molecule is CC(C)(C)c1ccc(-c2[c-]cccc2)nc1.CC(C)c1cc(-c2ccc(-c3cc(C(C)(C)C)cc(C(C)(C)C)c3)cc2)cc(C(C)C)c1-n1c(-c2[c-]ccc3c2oc2cc4c(ccc5ccccc54)cc23)nc2ccccc21.[Ir]. The molecular weight excluding hydrogens is 1140 g/mol. The summed E-state index contributed by atoms with van der Waals surface area (Å²) >= 11 is 0. The average molecular weight is 1210 g/mol. The van der Waals surface area contributed by atoms with Crippen molar-refractivity contribution in [1.82, 2.24) is 14.5 Å². The number of para-hydroxylation sites is 2. The third-order valence-corrected chi connectivity index (χ3v) is 15.5. The van der Waals surface area contributed by atoms with E-state index in [0.717, 1.165) is 55.6 Å². The number of furan rings is 1. The zero-order chi connectivity index (χ0) is 54.8. The Morgan fingerprint density at radius 1 is 0.481 bits per heavy atom. The molecule has 0 fully saturated rings. The first-order valence-electron chi connectivity index (χ1n) is 27.8. The molecule has 0 aliphatic rings. The minimum atomic E-state index is 0. The van der Waals surface area contributed by atoms with Gasteiger partial charge in [0.05, 0.1) is 22.4 Å². The minimum Gasteiger partial charge on any atom is -0.501 e. The molecule has 0 aliphatic heterocycles. The van der Waals surface area contributed by atoms with E-state index < -0.39 is 0 Å². The summed E-state index contributed by atoms with van der Waals surface area (Å²) in [6.45, 7) is 29.6. The summed E-state index contributed by atoms with van der Waals surface area (Å²) in [7, 11) is 0. The average Bonchev–Trinajstić information content (AvgIpc) is 4.20. The molecule has 4 nitrogen and oxygen atoms in total. The van der Waals surface area contributed by atoms with E-state index in [1.54, 1.807) is 0 Å². The van der Waals surface area contributed by atoms with Crippen molar-refractivity contribution in [2.24, 2.45) is 0 Å². The first-order valence-corrected chi connectivity index (χ1v) is 27.8. The molecule has 9 aromatic carbocycles. The van der Waals surface area contributed by atoms with Gasteiger partial charge in [0.15, 0.2) is 0 Å². The van der Waals surface area contributed by atoms with E-state index in [-0.39, 0.29) is 48.2 Å². The Morgan fingerprint density at radius 2 is 1.09 bits per heavy atom. The smallest absolute Gasteiger partial charge is 0.121 e. The monoisotopic (exact) mass is 1210 g/mol. The van der Waals surface area contributed by atoms with Gasteiger partial charge in [-0.05, 0) is 142 Å². The Bertz CT molecular complexity index is 4110. The van der Waals surface area contributed by atoms with Crippen LogP contribution in [-0.2, 0) is 36.4 Å². The molecular formula is C74H71IrN3O-2. The van der Waals surface area contributed by atoms with E-state index in [9.17, 15) is 0 Å². The molecule has 3 aromatic heterocycles. The van der Waals surface area contributed by atoms with Crippen molar-refractivity contribution in [2.45, 2.75) is 118 Å². The normalized spacial score (nSPS) is 12.2. The molecule has 0 unspecified atom stereocenters. The molecule has 3 heterocycles. The van der Waals surface area contributed by atoms with Crippen LogP contribution in [0.2, 0.25) is 0 Å². The van der Waals surface area contributed by atoms with Gasteiger partial charge in [0.1, 0.15) is 5.58 Å². The number of hydrogen-bond donors (Lipinski definition) is 0. The molecule has 12 aromatic rings. The van der Waals surface area contributed by atoms with Crippen molar-refractivity contribution >= 4 is 54.5 Å². The summed E-state index contributed by atoms with van der Waals surface area (Å²) < 4.78 is 9.31. The van der Waals surface area contributed by atoms with Crippen LogP contribution in [0.5, 0.6) is 0 Å².